The largest absolute Gasteiger partial charge is 0.276 e. The van der Waals surface area contributed by atoms with E-state index in [0.717, 1.165) is 12.3 Å². The SMILES string of the molecule is Cn1cc(CCC2CCCc3ccccc3C2Br)cn1. The first-order chi connectivity index (χ1) is 9.74. The summed E-state index contributed by atoms with van der Waals surface area (Å²) >= 11 is 3.96. The maximum absolute atomic E-state index is 4.26. The van der Waals surface area contributed by atoms with Crippen LogP contribution in [0.15, 0.2) is 36.7 Å². The van der Waals surface area contributed by atoms with Crippen molar-refractivity contribution in [1.82, 2.24) is 9.78 Å². The van der Waals surface area contributed by atoms with Crippen molar-refractivity contribution in [3.8, 4) is 0 Å². The van der Waals surface area contributed by atoms with Crippen molar-refractivity contribution < 1.29 is 0 Å². The molecule has 1 aromatic carbocycles. The van der Waals surface area contributed by atoms with Crippen LogP contribution in [0.5, 0.6) is 0 Å². The van der Waals surface area contributed by atoms with Gasteiger partial charge < -0.3 is 0 Å². The van der Waals surface area contributed by atoms with E-state index in [1.165, 1.54) is 42.4 Å². The highest BCUT2D eigenvalue weighted by Crippen LogP contribution is 2.41. The molecule has 0 amide bonds. The van der Waals surface area contributed by atoms with Gasteiger partial charge in [0.15, 0.2) is 0 Å². The number of fused-ring (bicyclic) bond motifs is 1. The van der Waals surface area contributed by atoms with Gasteiger partial charge in [0, 0.05) is 18.1 Å². The van der Waals surface area contributed by atoms with Crippen molar-refractivity contribution in [2.45, 2.75) is 36.9 Å². The summed E-state index contributed by atoms with van der Waals surface area (Å²) in [7, 11) is 1.98. The van der Waals surface area contributed by atoms with Gasteiger partial charge in [-0.1, -0.05) is 40.2 Å². The second-order valence-corrected chi connectivity index (χ2v) is 6.80. The normalized spacial score (nSPS) is 22.3. The van der Waals surface area contributed by atoms with Crippen molar-refractivity contribution >= 4 is 15.9 Å². The van der Waals surface area contributed by atoms with Gasteiger partial charge in [-0.15, -0.1) is 0 Å². The lowest BCUT2D eigenvalue weighted by Crippen LogP contribution is -2.08. The Bertz CT molecular complexity index is 576. The molecule has 2 aromatic rings. The Morgan fingerprint density at radius 3 is 3.00 bits per heavy atom. The monoisotopic (exact) mass is 332 g/mol. The topological polar surface area (TPSA) is 17.8 Å². The minimum Gasteiger partial charge on any atom is -0.276 e. The number of benzene rings is 1. The highest BCUT2D eigenvalue weighted by atomic mass is 79.9. The van der Waals surface area contributed by atoms with Crippen LogP contribution in [-0.4, -0.2) is 9.78 Å². The molecule has 1 aliphatic rings. The van der Waals surface area contributed by atoms with Crippen molar-refractivity contribution in [2.75, 3.05) is 0 Å². The molecule has 0 fully saturated rings. The fraction of sp³-hybridized carbons (Fsp3) is 0.471. The molecular formula is C17H21BrN2. The number of hydrogen-bond acceptors (Lipinski definition) is 1. The van der Waals surface area contributed by atoms with Crippen LogP contribution in [0.2, 0.25) is 0 Å². The van der Waals surface area contributed by atoms with E-state index in [0.29, 0.717) is 4.83 Å². The summed E-state index contributed by atoms with van der Waals surface area (Å²) in [4.78, 5) is 0.498. The summed E-state index contributed by atoms with van der Waals surface area (Å²) in [5.74, 6) is 0.721. The first kappa shape index (κ1) is 13.9. The lowest BCUT2D eigenvalue weighted by atomic mass is 9.91. The van der Waals surface area contributed by atoms with Crippen LogP contribution in [0.3, 0.4) is 0 Å². The van der Waals surface area contributed by atoms with Gasteiger partial charge in [0.2, 0.25) is 0 Å². The van der Waals surface area contributed by atoms with Crippen LogP contribution in [0.4, 0.5) is 0 Å². The van der Waals surface area contributed by atoms with Crippen LogP contribution in [0, 0.1) is 5.92 Å². The van der Waals surface area contributed by atoms with E-state index in [-0.39, 0.29) is 0 Å². The molecule has 0 aliphatic heterocycles. The molecular weight excluding hydrogens is 312 g/mol. The number of halogens is 1. The molecule has 2 atom stereocenters. The number of rotatable bonds is 3. The minimum atomic E-state index is 0.498. The lowest BCUT2D eigenvalue weighted by molar-refractivity contribution is 0.444. The molecule has 3 heteroatoms. The van der Waals surface area contributed by atoms with Crippen molar-refractivity contribution in [3.63, 3.8) is 0 Å². The molecule has 0 saturated heterocycles. The molecule has 0 radical (unpaired) electrons. The predicted octanol–water partition coefficient (Wildman–Crippen LogP) is 4.44. The van der Waals surface area contributed by atoms with E-state index < -0.39 is 0 Å². The number of hydrogen-bond donors (Lipinski definition) is 0. The van der Waals surface area contributed by atoms with Crippen LogP contribution in [0.25, 0.3) is 0 Å². The highest BCUT2D eigenvalue weighted by molar-refractivity contribution is 9.09. The zero-order valence-electron chi connectivity index (χ0n) is 11.9. The molecule has 1 aromatic heterocycles. The predicted molar refractivity (Wildman–Crippen MR) is 86.1 cm³/mol. The van der Waals surface area contributed by atoms with E-state index in [2.05, 4.69) is 51.5 Å². The van der Waals surface area contributed by atoms with Gasteiger partial charge in [-0.2, -0.15) is 5.10 Å². The summed E-state index contributed by atoms with van der Waals surface area (Å²) in [5, 5.41) is 4.26. The van der Waals surface area contributed by atoms with E-state index in [9.17, 15) is 0 Å². The summed E-state index contributed by atoms with van der Waals surface area (Å²) in [6, 6.07) is 8.90. The fourth-order valence-corrected chi connectivity index (χ4v) is 4.20. The fourth-order valence-electron chi connectivity index (χ4n) is 3.23. The van der Waals surface area contributed by atoms with Gasteiger partial charge in [0.25, 0.3) is 0 Å². The third-order valence-corrected chi connectivity index (χ3v) is 5.59. The van der Waals surface area contributed by atoms with Crippen LogP contribution in [0.1, 0.15) is 40.8 Å². The van der Waals surface area contributed by atoms with Gasteiger partial charge in [-0.05, 0) is 54.7 Å². The quantitative estimate of drug-likeness (QED) is 0.600. The zero-order valence-corrected chi connectivity index (χ0v) is 13.5. The summed E-state index contributed by atoms with van der Waals surface area (Å²) in [6.07, 6.45) is 10.3. The first-order valence-corrected chi connectivity index (χ1v) is 8.35. The molecule has 0 saturated carbocycles. The second-order valence-electron chi connectivity index (χ2n) is 5.81. The Labute approximate surface area is 129 Å². The summed E-state index contributed by atoms with van der Waals surface area (Å²) < 4.78 is 1.89. The maximum atomic E-state index is 4.26. The molecule has 0 spiro atoms. The third kappa shape index (κ3) is 2.98. The molecule has 0 bridgehead atoms. The molecule has 20 heavy (non-hydrogen) atoms. The van der Waals surface area contributed by atoms with E-state index in [4.69, 9.17) is 0 Å². The first-order valence-electron chi connectivity index (χ1n) is 7.43. The van der Waals surface area contributed by atoms with Crippen LogP contribution >= 0.6 is 15.9 Å². The van der Waals surface area contributed by atoms with E-state index in [1.54, 1.807) is 0 Å². The van der Waals surface area contributed by atoms with Gasteiger partial charge >= 0.3 is 0 Å². The van der Waals surface area contributed by atoms with Crippen LogP contribution < -0.4 is 0 Å². The second kappa shape index (κ2) is 6.13. The van der Waals surface area contributed by atoms with E-state index in [1.807, 2.05) is 17.9 Å². The average molecular weight is 333 g/mol. The van der Waals surface area contributed by atoms with E-state index >= 15 is 0 Å². The molecule has 0 N–H and O–H groups in total. The Hall–Kier alpha value is -1.09. The Morgan fingerprint density at radius 2 is 2.20 bits per heavy atom. The van der Waals surface area contributed by atoms with Gasteiger partial charge in [0.05, 0.1) is 6.20 Å². The summed E-state index contributed by atoms with van der Waals surface area (Å²) in [6.45, 7) is 0. The minimum absolute atomic E-state index is 0.498. The van der Waals surface area contributed by atoms with Crippen molar-refractivity contribution in [3.05, 3.63) is 53.3 Å². The number of alkyl halides is 1. The Balaban J connectivity index is 1.71. The van der Waals surface area contributed by atoms with Gasteiger partial charge in [0.1, 0.15) is 0 Å². The molecule has 3 rings (SSSR count). The van der Waals surface area contributed by atoms with Gasteiger partial charge in [-0.25, -0.2) is 0 Å². The van der Waals surface area contributed by atoms with Crippen LogP contribution in [-0.2, 0) is 19.9 Å². The van der Waals surface area contributed by atoms with Crippen molar-refractivity contribution in [1.29, 1.82) is 0 Å². The number of aromatic nitrogens is 2. The third-order valence-electron chi connectivity index (χ3n) is 4.35. The lowest BCUT2D eigenvalue weighted by Gasteiger charge is -2.21. The molecule has 2 nitrogen and oxygen atoms in total. The standard InChI is InChI=1S/C17H21BrN2/c1-20-12-13(11-19-20)9-10-15-7-4-6-14-5-2-3-8-16(14)17(15)18/h2-3,5,8,11-12,15,17H,4,6-7,9-10H2,1H3. The smallest absolute Gasteiger partial charge is 0.0521 e. The molecule has 1 heterocycles. The molecule has 2 unspecified atom stereocenters. The number of aryl methyl sites for hydroxylation is 3. The van der Waals surface area contributed by atoms with Gasteiger partial charge in [-0.3, -0.25) is 4.68 Å². The van der Waals surface area contributed by atoms with Crippen molar-refractivity contribution in [2.24, 2.45) is 13.0 Å². The number of nitrogens with zero attached hydrogens (tertiary/aromatic N) is 2. The summed E-state index contributed by atoms with van der Waals surface area (Å²) in [5.41, 5.74) is 4.38. The maximum Gasteiger partial charge on any atom is 0.0521 e. The highest BCUT2D eigenvalue weighted by Gasteiger charge is 2.25. The zero-order chi connectivity index (χ0) is 13.9. The molecule has 106 valence electrons. The Kier molecular flexibility index (Phi) is 4.25. The molecule has 1 aliphatic carbocycles. The average Bonchev–Trinajstić information content (AvgIpc) is 2.80. The Morgan fingerprint density at radius 1 is 1.35 bits per heavy atom.